The second kappa shape index (κ2) is 35.7. The number of carbonyl (C=O) groups is 3. The van der Waals surface area contributed by atoms with E-state index in [1.165, 1.54) is 94.6 Å². The lowest BCUT2D eigenvalue weighted by atomic mass is 9.99. The molecule has 0 atom stereocenters. The number of pyridine rings is 5. The number of benzene rings is 5. The SMILES string of the molecule is CCc1ccc(CC2=Cc3nccc(-c4nn[nH]n4)c3C2)cc1.CCc1ccc(CC2=Cc3nccc(C(=O)CO)c3C2)cc1.Cc1ccc(CC2=Cc3nccc(-c4nn[nH]n4)c3C2)cc1.Cc1ccc(CC2=Cc3nccc(C(=O)CO)c3C2)cc1.[C-]#[N+]CC(=O)c1ccnc2c1CC(Cc1ccc(C)cc1)=C2. The molecule has 0 spiro atoms. The zero-order chi connectivity index (χ0) is 76.5. The number of aromatic nitrogens is 13. The highest BCUT2D eigenvalue weighted by molar-refractivity contribution is 6.01. The van der Waals surface area contributed by atoms with Crippen molar-refractivity contribution in [2.24, 2.45) is 0 Å². The molecule has 548 valence electrons. The van der Waals surface area contributed by atoms with Gasteiger partial charge in [0.15, 0.2) is 11.6 Å². The third-order valence-electron chi connectivity index (χ3n) is 20.1. The smallest absolute Gasteiger partial charge is 0.276 e. The number of hydrogen-bond acceptors (Lipinski definition) is 16. The molecule has 110 heavy (non-hydrogen) atoms. The minimum absolute atomic E-state index is 0.0935. The van der Waals surface area contributed by atoms with Gasteiger partial charge in [-0.1, -0.05) is 180 Å². The fourth-order valence-electron chi connectivity index (χ4n) is 14.3. The molecule has 7 heterocycles. The van der Waals surface area contributed by atoms with E-state index in [2.05, 4.69) is 257 Å². The number of rotatable bonds is 20. The first-order valence-electron chi connectivity index (χ1n) is 37.0. The summed E-state index contributed by atoms with van der Waals surface area (Å²) in [7, 11) is 0. The molecule has 0 saturated carbocycles. The van der Waals surface area contributed by atoms with Gasteiger partial charge >= 0.3 is 0 Å². The van der Waals surface area contributed by atoms with Gasteiger partial charge in [-0.15, -0.1) is 20.4 Å². The zero-order valence-electron chi connectivity index (χ0n) is 62.3. The first-order chi connectivity index (χ1) is 53.7. The Morgan fingerprint density at radius 3 is 0.900 bits per heavy atom. The van der Waals surface area contributed by atoms with E-state index in [-0.39, 0.29) is 23.9 Å². The number of aliphatic hydroxyl groups is 2. The van der Waals surface area contributed by atoms with E-state index in [1.807, 2.05) is 12.1 Å². The first kappa shape index (κ1) is 75.3. The molecule has 0 unspecified atom stereocenters. The third-order valence-corrected chi connectivity index (χ3v) is 20.1. The number of ketones is 3. The van der Waals surface area contributed by atoms with Crippen LogP contribution in [0, 0.1) is 27.3 Å². The van der Waals surface area contributed by atoms with Crippen LogP contribution in [0.3, 0.4) is 0 Å². The maximum atomic E-state index is 12.0. The summed E-state index contributed by atoms with van der Waals surface area (Å²) < 4.78 is 0. The molecule has 4 N–H and O–H groups in total. The summed E-state index contributed by atoms with van der Waals surface area (Å²) >= 11 is 0. The average Bonchev–Trinajstić information content (AvgIpc) is 1.68. The number of carbonyl (C=O) groups excluding carboxylic acids is 3. The van der Waals surface area contributed by atoms with Crippen LogP contribution in [-0.2, 0) is 77.0 Å². The fourth-order valence-corrected chi connectivity index (χ4v) is 14.3. The number of nitrogens with zero attached hydrogens (tertiary/aromatic N) is 12. The van der Waals surface area contributed by atoms with Gasteiger partial charge in [0.25, 0.3) is 6.54 Å². The van der Waals surface area contributed by atoms with Crippen LogP contribution in [0.25, 0.3) is 58.0 Å². The van der Waals surface area contributed by atoms with Gasteiger partial charge in [0.05, 0.1) is 28.5 Å². The highest BCUT2D eigenvalue weighted by atomic mass is 16.3. The van der Waals surface area contributed by atoms with Crippen LogP contribution in [-0.4, -0.2) is 113 Å². The fraction of sp³-hybridized carbons (Fsp3) is 0.220. The Morgan fingerprint density at radius 2 is 0.627 bits per heavy atom. The number of aryl methyl sites for hydroxylation is 5. The number of Topliss-reactive ketones (excluding diaryl/α,β-unsaturated/α-hetero) is 3. The summed E-state index contributed by atoms with van der Waals surface area (Å²) in [6.07, 6.45) is 29.7. The molecule has 17 rings (SSSR count). The minimum Gasteiger partial charge on any atom is -0.388 e. The van der Waals surface area contributed by atoms with Crippen molar-refractivity contribution in [3.05, 3.63) is 351 Å². The Labute approximate surface area is 639 Å². The Hall–Kier alpha value is -12.9. The minimum atomic E-state index is -0.455. The summed E-state index contributed by atoms with van der Waals surface area (Å²) in [6.45, 7) is 16.4. The quantitative estimate of drug-likeness (QED) is 0.0408. The Morgan fingerprint density at radius 1 is 0.364 bits per heavy atom. The van der Waals surface area contributed by atoms with Crippen LogP contribution in [0.1, 0.15) is 157 Å². The zero-order valence-corrected chi connectivity index (χ0v) is 62.3. The van der Waals surface area contributed by atoms with E-state index in [0.717, 1.165) is 133 Å². The highest BCUT2D eigenvalue weighted by Crippen LogP contribution is 2.36. The van der Waals surface area contributed by atoms with Crippen molar-refractivity contribution in [3.8, 4) is 22.8 Å². The molecule has 19 nitrogen and oxygen atoms in total. The van der Waals surface area contributed by atoms with Crippen LogP contribution in [0.2, 0.25) is 0 Å². The molecular weight excluding hydrogens is 1370 g/mol. The number of allylic oxidation sites excluding steroid dienone is 5. The van der Waals surface area contributed by atoms with Gasteiger partial charge in [0, 0.05) is 58.8 Å². The van der Waals surface area contributed by atoms with Gasteiger partial charge in [-0.2, -0.15) is 10.4 Å². The van der Waals surface area contributed by atoms with Crippen molar-refractivity contribution in [2.75, 3.05) is 19.8 Å². The molecular formula is C91H84N14O5. The standard InChI is InChI=1S/C19H16N2O.C19H19NO2.C18H17N5.C18H17NO2.C17H15N5/c1-13-3-5-14(6-4-13)9-15-10-17-16(19(22)12-20-2)7-8-21-18(17)11-15;1-2-13-3-5-14(6-4-13)9-15-10-17-16(19(22)12-21)7-8-20-18(17)11-15;1-2-12-3-5-13(6-4-12)9-14-10-16-15(18-20-22-23-21-18)7-8-19-17(16)11-14;1-12-2-4-13(5-3-12)8-14-9-16-15(18(21)11-20)6-7-19-17(16)10-14;1-11-2-4-12(5-3-11)8-13-9-15-14(17-19-21-22-20-17)6-7-18-16(15)10-13/h3-8,11H,9-10,12H2,1H3;3-8,11,21H,2,9-10,12H2,1H3;3-8,11H,2,9-10H2,1H3,(H,20,21,22,23);2-7,10,20H,8-9,11H2,1H3;2-7,10H,8-9H2,1H3,(H,19,20,21,22). The number of hydrogen-bond donors (Lipinski definition) is 4. The Kier molecular flexibility index (Phi) is 24.4. The number of nitrogens with one attached hydrogen (secondary N) is 2. The second-order valence-corrected chi connectivity index (χ2v) is 28.1. The maximum absolute atomic E-state index is 12.0. The predicted octanol–water partition coefficient (Wildman–Crippen LogP) is 15.2. The summed E-state index contributed by atoms with van der Waals surface area (Å²) in [6, 6.07) is 52.2. The predicted molar refractivity (Wildman–Crippen MR) is 428 cm³/mol. The summed E-state index contributed by atoms with van der Waals surface area (Å²) in [5.41, 5.74) is 33.2. The Balaban J connectivity index is 0.000000121. The second-order valence-electron chi connectivity index (χ2n) is 28.1. The van der Waals surface area contributed by atoms with Gasteiger partial charge in [0.1, 0.15) is 13.2 Å². The summed E-state index contributed by atoms with van der Waals surface area (Å²) in [4.78, 5) is 60.8. The molecule has 0 aliphatic heterocycles. The number of aromatic amines is 2. The van der Waals surface area contributed by atoms with Gasteiger partial charge in [-0.3, -0.25) is 39.3 Å². The highest BCUT2D eigenvalue weighted by Gasteiger charge is 2.27. The monoisotopic (exact) mass is 1450 g/mol. The van der Waals surface area contributed by atoms with Gasteiger partial charge in [-0.05, 0) is 236 Å². The van der Waals surface area contributed by atoms with E-state index >= 15 is 0 Å². The molecule has 12 aromatic rings. The maximum Gasteiger partial charge on any atom is 0.276 e. The third kappa shape index (κ3) is 18.7. The van der Waals surface area contributed by atoms with E-state index in [1.54, 1.807) is 49.2 Å². The number of fused-ring (bicyclic) bond motifs is 5. The van der Waals surface area contributed by atoms with Crippen molar-refractivity contribution in [3.63, 3.8) is 0 Å². The average molecular weight is 1450 g/mol. The normalized spacial score (nSPS) is 12.9. The molecule has 7 aromatic heterocycles. The molecule has 0 fully saturated rings. The molecule has 0 radical (unpaired) electrons. The molecule has 0 amide bonds. The van der Waals surface area contributed by atoms with Gasteiger partial charge in [-0.25, -0.2) is 6.57 Å². The molecule has 5 aliphatic rings. The lowest BCUT2D eigenvalue weighted by Gasteiger charge is -2.06. The van der Waals surface area contributed by atoms with Crippen molar-refractivity contribution in [1.29, 1.82) is 0 Å². The van der Waals surface area contributed by atoms with Crippen molar-refractivity contribution >= 4 is 47.7 Å². The van der Waals surface area contributed by atoms with Crippen LogP contribution in [0.15, 0.2) is 211 Å². The van der Waals surface area contributed by atoms with E-state index in [4.69, 9.17) is 16.8 Å². The Bertz CT molecular complexity index is 5520. The van der Waals surface area contributed by atoms with Gasteiger partial charge in [0.2, 0.25) is 17.4 Å². The van der Waals surface area contributed by atoms with Crippen LogP contribution in [0.4, 0.5) is 0 Å². The molecule has 5 aliphatic carbocycles. The first-order valence-corrected chi connectivity index (χ1v) is 37.0. The van der Waals surface area contributed by atoms with Crippen molar-refractivity contribution in [1.82, 2.24) is 66.2 Å². The van der Waals surface area contributed by atoms with Crippen molar-refractivity contribution < 1.29 is 24.6 Å². The summed E-state index contributed by atoms with van der Waals surface area (Å²) in [5.74, 6) is 0.673. The van der Waals surface area contributed by atoms with E-state index in [0.29, 0.717) is 28.3 Å². The van der Waals surface area contributed by atoms with Gasteiger partial charge < -0.3 is 15.1 Å². The topological polar surface area (TPSA) is 269 Å². The van der Waals surface area contributed by atoms with Crippen LogP contribution < -0.4 is 0 Å². The van der Waals surface area contributed by atoms with Crippen molar-refractivity contribution in [2.45, 2.75) is 112 Å². The number of aliphatic hydroxyl groups excluding tert-OH is 2. The van der Waals surface area contributed by atoms with Crippen LogP contribution in [0.5, 0.6) is 0 Å². The lowest BCUT2D eigenvalue weighted by molar-refractivity contribution is 0.0897. The van der Waals surface area contributed by atoms with E-state index in [9.17, 15) is 14.4 Å². The summed E-state index contributed by atoms with van der Waals surface area (Å²) in [5, 5.41) is 46.8. The molecule has 0 bridgehead atoms. The lowest BCUT2D eigenvalue weighted by Crippen LogP contribution is -2.09. The number of H-pyrrole nitrogens is 2. The largest absolute Gasteiger partial charge is 0.388 e. The molecule has 19 heteroatoms. The van der Waals surface area contributed by atoms with Crippen LogP contribution >= 0.6 is 0 Å². The molecule has 0 saturated heterocycles. The molecule has 5 aromatic carbocycles. The van der Waals surface area contributed by atoms with E-state index < -0.39 is 13.2 Å². The number of tetrazole rings is 2.